The standard InChI is InChI=1S/C11H20O5/c1-4-5-6-16-11(12)10(2)7-14-9-15-8-13-3/h2,4-9H2,1,3H3. The molecule has 94 valence electrons. The topological polar surface area (TPSA) is 54.0 Å². The lowest BCUT2D eigenvalue weighted by atomic mass is 10.3. The molecular formula is C11H20O5. The number of hydrogen-bond acceptors (Lipinski definition) is 5. The molecule has 0 aromatic heterocycles. The van der Waals surface area contributed by atoms with Gasteiger partial charge in [-0.3, -0.25) is 0 Å². The fourth-order valence-electron chi connectivity index (χ4n) is 0.811. The highest BCUT2D eigenvalue weighted by atomic mass is 16.7. The summed E-state index contributed by atoms with van der Waals surface area (Å²) in [6, 6.07) is 0. The van der Waals surface area contributed by atoms with Crippen molar-refractivity contribution in [1.29, 1.82) is 0 Å². The second-order valence-electron chi connectivity index (χ2n) is 3.17. The van der Waals surface area contributed by atoms with Gasteiger partial charge in [-0.1, -0.05) is 19.9 Å². The van der Waals surface area contributed by atoms with Crippen molar-refractivity contribution in [2.45, 2.75) is 19.8 Å². The molecule has 0 aliphatic carbocycles. The second-order valence-corrected chi connectivity index (χ2v) is 3.17. The Kier molecular flexibility index (Phi) is 10.00. The third-order valence-corrected chi connectivity index (χ3v) is 1.66. The summed E-state index contributed by atoms with van der Waals surface area (Å²) >= 11 is 0. The highest BCUT2D eigenvalue weighted by molar-refractivity contribution is 5.87. The Morgan fingerprint density at radius 3 is 2.62 bits per heavy atom. The van der Waals surface area contributed by atoms with Crippen LogP contribution in [0.25, 0.3) is 0 Å². The molecular weight excluding hydrogens is 212 g/mol. The lowest BCUT2D eigenvalue weighted by Crippen LogP contribution is -2.14. The van der Waals surface area contributed by atoms with Gasteiger partial charge in [0, 0.05) is 7.11 Å². The van der Waals surface area contributed by atoms with Gasteiger partial charge in [0.1, 0.15) is 13.6 Å². The summed E-state index contributed by atoms with van der Waals surface area (Å²) in [4.78, 5) is 11.3. The number of rotatable bonds is 10. The van der Waals surface area contributed by atoms with E-state index in [9.17, 15) is 4.79 Å². The highest BCUT2D eigenvalue weighted by Gasteiger charge is 2.07. The summed E-state index contributed by atoms with van der Waals surface area (Å²) in [5, 5.41) is 0. The molecule has 16 heavy (non-hydrogen) atoms. The van der Waals surface area contributed by atoms with Crippen molar-refractivity contribution in [2.24, 2.45) is 0 Å². The molecule has 0 bridgehead atoms. The van der Waals surface area contributed by atoms with Crippen LogP contribution in [0.1, 0.15) is 19.8 Å². The third kappa shape index (κ3) is 8.40. The minimum Gasteiger partial charge on any atom is -0.462 e. The normalized spacial score (nSPS) is 10.1. The molecule has 0 amide bonds. The first kappa shape index (κ1) is 15.1. The molecule has 0 aromatic carbocycles. The number of esters is 1. The Labute approximate surface area is 96.3 Å². The lowest BCUT2D eigenvalue weighted by Gasteiger charge is -2.07. The van der Waals surface area contributed by atoms with E-state index in [4.69, 9.17) is 14.2 Å². The van der Waals surface area contributed by atoms with Crippen molar-refractivity contribution in [3.05, 3.63) is 12.2 Å². The SMILES string of the molecule is C=C(COCOCOC)C(=O)OCCCC. The van der Waals surface area contributed by atoms with E-state index in [1.165, 1.54) is 7.11 Å². The van der Waals surface area contributed by atoms with Crippen LogP contribution in [0.15, 0.2) is 12.2 Å². The van der Waals surface area contributed by atoms with Gasteiger partial charge in [0.25, 0.3) is 0 Å². The molecule has 5 nitrogen and oxygen atoms in total. The molecule has 0 saturated heterocycles. The minimum absolute atomic E-state index is 0.0646. The van der Waals surface area contributed by atoms with Crippen LogP contribution in [-0.2, 0) is 23.7 Å². The van der Waals surface area contributed by atoms with Crippen molar-refractivity contribution in [1.82, 2.24) is 0 Å². The van der Waals surface area contributed by atoms with Crippen LogP contribution in [0, 0.1) is 0 Å². The monoisotopic (exact) mass is 232 g/mol. The molecule has 0 unspecified atom stereocenters. The maximum Gasteiger partial charge on any atom is 0.335 e. The zero-order chi connectivity index (χ0) is 12.2. The lowest BCUT2D eigenvalue weighted by molar-refractivity contribution is -0.142. The van der Waals surface area contributed by atoms with Crippen molar-refractivity contribution in [3.8, 4) is 0 Å². The number of ether oxygens (including phenoxy) is 4. The average Bonchev–Trinajstić information content (AvgIpc) is 2.28. The molecule has 0 heterocycles. The smallest absolute Gasteiger partial charge is 0.335 e. The Hall–Kier alpha value is -0.910. The first-order valence-electron chi connectivity index (χ1n) is 5.21. The predicted octanol–water partition coefficient (Wildman–Crippen LogP) is 1.48. The van der Waals surface area contributed by atoms with Crippen molar-refractivity contribution in [2.75, 3.05) is 33.9 Å². The Balaban J connectivity index is 3.44. The van der Waals surface area contributed by atoms with Crippen LogP contribution in [0.4, 0.5) is 0 Å². The summed E-state index contributed by atoms with van der Waals surface area (Å²) in [7, 11) is 1.52. The minimum atomic E-state index is -0.416. The van der Waals surface area contributed by atoms with Gasteiger partial charge in [0.2, 0.25) is 0 Å². The van der Waals surface area contributed by atoms with Gasteiger partial charge in [-0.05, 0) is 6.42 Å². The summed E-state index contributed by atoms with van der Waals surface area (Å²) < 4.78 is 19.5. The second kappa shape index (κ2) is 10.6. The first-order valence-corrected chi connectivity index (χ1v) is 5.21. The van der Waals surface area contributed by atoms with E-state index < -0.39 is 5.97 Å². The fourth-order valence-corrected chi connectivity index (χ4v) is 0.811. The number of carbonyl (C=O) groups is 1. The molecule has 0 atom stereocenters. The molecule has 0 N–H and O–H groups in total. The quantitative estimate of drug-likeness (QED) is 0.247. The number of hydrogen-bond donors (Lipinski definition) is 0. The van der Waals surface area contributed by atoms with Gasteiger partial charge in [0.05, 0.1) is 18.8 Å². The molecule has 0 saturated carbocycles. The highest BCUT2D eigenvalue weighted by Crippen LogP contribution is 1.98. The van der Waals surface area contributed by atoms with Crippen LogP contribution >= 0.6 is 0 Å². The van der Waals surface area contributed by atoms with E-state index in [2.05, 4.69) is 11.3 Å². The third-order valence-electron chi connectivity index (χ3n) is 1.66. The Morgan fingerprint density at radius 2 is 2.00 bits per heavy atom. The zero-order valence-electron chi connectivity index (χ0n) is 9.99. The number of unbranched alkanes of at least 4 members (excludes halogenated alkanes) is 1. The van der Waals surface area contributed by atoms with Gasteiger partial charge in [0.15, 0.2) is 0 Å². The summed E-state index contributed by atoms with van der Waals surface area (Å²) in [6.45, 7) is 6.35. The number of methoxy groups -OCH3 is 1. The maximum atomic E-state index is 11.3. The van der Waals surface area contributed by atoms with Crippen LogP contribution in [0.3, 0.4) is 0 Å². The van der Waals surface area contributed by atoms with Gasteiger partial charge in [-0.2, -0.15) is 0 Å². The largest absolute Gasteiger partial charge is 0.462 e. The molecule has 0 aliphatic rings. The molecule has 0 aromatic rings. The van der Waals surface area contributed by atoms with Gasteiger partial charge in [-0.25, -0.2) is 4.79 Å². The van der Waals surface area contributed by atoms with Gasteiger partial charge >= 0.3 is 5.97 Å². The van der Waals surface area contributed by atoms with E-state index in [0.717, 1.165) is 12.8 Å². The molecule has 0 radical (unpaired) electrons. The van der Waals surface area contributed by atoms with Crippen molar-refractivity contribution in [3.63, 3.8) is 0 Å². The van der Waals surface area contributed by atoms with E-state index in [1.54, 1.807) is 0 Å². The Morgan fingerprint density at radius 1 is 1.25 bits per heavy atom. The van der Waals surface area contributed by atoms with E-state index in [1.807, 2.05) is 6.92 Å². The van der Waals surface area contributed by atoms with Crippen molar-refractivity contribution >= 4 is 5.97 Å². The van der Waals surface area contributed by atoms with Gasteiger partial charge in [-0.15, -0.1) is 0 Å². The Bertz CT molecular complexity index is 203. The summed E-state index contributed by atoms with van der Waals surface area (Å²) in [5.74, 6) is -0.416. The molecule has 0 rings (SSSR count). The summed E-state index contributed by atoms with van der Waals surface area (Å²) in [5.41, 5.74) is 0.289. The average molecular weight is 232 g/mol. The van der Waals surface area contributed by atoms with E-state index >= 15 is 0 Å². The molecule has 0 aliphatic heterocycles. The number of carbonyl (C=O) groups excluding carboxylic acids is 1. The van der Waals surface area contributed by atoms with Crippen LogP contribution < -0.4 is 0 Å². The van der Waals surface area contributed by atoms with Crippen LogP contribution in [0.2, 0.25) is 0 Å². The van der Waals surface area contributed by atoms with Crippen LogP contribution in [-0.4, -0.2) is 39.9 Å². The fraction of sp³-hybridized carbons (Fsp3) is 0.727. The van der Waals surface area contributed by atoms with E-state index in [-0.39, 0.29) is 25.8 Å². The van der Waals surface area contributed by atoms with Gasteiger partial charge < -0.3 is 18.9 Å². The molecule has 0 spiro atoms. The predicted molar refractivity (Wildman–Crippen MR) is 58.8 cm³/mol. The zero-order valence-corrected chi connectivity index (χ0v) is 9.99. The molecule has 0 fully saturated rings. The maximum absolute atomic E-state index is 11.3. The first-order chi connectivity index (χ1) is 7.72. The molecule has 5 heteroatoms. The van der Waals surface area contributed by atoms with Crippen molar-refractivity contribution < 1.29 is 23.7 Å². The van der Waals surface area contributed by atoms with E-state index in [0.29, 0.717) is 6.61 Å². The van der Waals surface area contributed by atoms with Crippen LogP contribution in [0.5, 0.6) is 0 Å². The summed E-state index contributed by atoms with van der Waals surface area (Å²) in [6.07, 6.45) is 1.85.